The number of carbonyl (C=O) groups is 1. The second kappa shape index (κ2) is 9.03. The number of methoxy groups -OCH3 is 1. The Hall–Kier alpha value is -2.36. The van der Waals surface area contributed by atoms with Crippen molar-refractivity contribution in [3.63, 3.8) is 0 Å². The van der Waals surface area contributed by atoms with Crippen LogP contribution in [0.1, 0.15) is 31.7 Å². The first-order chi connectivity index (χ1) is 12.9. The Bertz CT molecular complexity index is 708. The summed E-state index contributed by atoms with van der Waals surface area (Å²) in [5.74, 6) is -0.299. The van der Waals surface area contributed by atoms with Crippen molar-refractivity contribution in [2.24, 2.45) is 5.92 Å². The van der Waals surface area contributed by atoms with Crippen LogP contribution in [0, 0.1) is 12.5 Å². The third kappa shape index (κ3) is 4.68. The van der Waals surface area contributed by atoms with Crippen LogP contribution in [0.4, 0.5) is 0 Å². The van der Waals surface area contributed by atoms with E-state index in [4.69, 9.17) is 21.2 Å². The lowest BCUT2D eigenvalue weighted by Crippen LogP contribution is -2.50. The summed E-state index contributed by atoms with van der Waals surface area (Å²) in [5, 5.41) is 19.3. The zero-order valence-corrected chi connectivity index (χ0v) is 15.9. The average molecular weight is 374 g/mol. The number of nitrogens with zero attached hydrogens (tertiary/aromatic N) is 1. The van der Waals surface area contributed by atoms with Crippen LogP contribution < -0.4 is 4.74 Å². The van der Waals surface area contributed by atoms with Crippen LogP contribution >= 0.6 is 0 Å². The summed E-state index contributed by atoms with van der Waals surface area (Å²) in [5.41, 5.74) is 0.793. The molecule has 0 saturated heterocycles. The van der Waals surface area contributed by atoms with Gasteiger partial charge in [-0.05, 0) is 43.9 Å². The van der Waals surface area contributed by atoms with Crippen molar-refractivity contribution < 1.29 is 24.5 Å². The Labute approximate surface area is 160 Å². The predicted octanol–water partition coefficient (Wildman–Crippen LogP) is 2.58. The smallest absolute Gasteiger partial charge is 0.332 e. The number of hydrogen-bond acceptors (Lipinski definition) is 5. The molecular formula is C21H28NO5+. The zero-order chi connectivity index (χ0) is 20.0. The molecular weight excluding hydrogens is 346 g/mol. The van der Waals surface area contributed by atoms with Gasteiger partial charge in [0, 0.05) is 5.57 Å². The van der Waals surface area contributed by atoms with Crippen LogP contribution in [0.3, 0.4) is 0 Å². The predicted molar refractivity (Wildman–Crippen MR) is 103 cm³/mol. The summed E-state index contributed by atoms with van der Waals surface area (Å²) >= 11 is 0. The highest BCUT2D eigenvalue weighted by atomic mass is 16.6. The van der Waals surface area contributed by atoms with Gasteiger partial charge in [-0.3, -0.25) is 0 Å². The van der Waals surface area contributed by atoms with E-state index in [1.165, 1.54) is 0 Å². The number of esters is 1. The van der Waals surface area contributed by atoms with E-state index in [0.717, 1.165) is 16.9 Å². The monoisotopic (exact) mass is 374 g/mol. The molecule has 146 valence electrons. The average Bonchev–Trinajstić information content (AvgIpc) is 2.67. The molecule has 1 saturated carbocycles. The van der Waals surface area contributed by atoms with Gasteiger partial charge >= 0.3 is 11.5 Å². The van der Waals surface area contributed by atoms with E-state index in [1.807, 2.05) is 31.2 Å². The Morgan fingerprint density at radius 1 is 1.37 bits per heavy atom. The van der Waals surface area contributed by atoms with E-state index >= 15 is 0 Å². The Kier molecular flexibility index (Phi) is 7.00. The van der Waals surface area contributed by atoms with Crippen LogP contribution in [0.5, 0.6) is 5.75 Å². The summed E-state index contributed by atoms with van der Waals surface area (Å²) in [4.78, 5) is 15.9. The molecule has 4 atom stereocenters. The molecule has 0 radical (unpaired) electrons. The van der Waals surface area contributed by atoms with Crippen molar-refractivity contribution in [1.29, 1.82) is 0 Å². The molecule has 0 aromatic heterocycles. The minimum absolute atomic E-state index is 0.346. The summed E-state index contributed by atoms with van der Waals surface area (Å²) in [6.45, 7) is 11.1. The molecule has 1 aromatic rings. The second-order valence-electron chi connectivity index (χ2n) is 7.12. The van der Waals surface area contributed by atoms with Gasteiger partial charge in [0.25, 0.3) is 6.57 Å². The number of carbonyl (C=O) groups excluding carboxylic acids is 1. The molecule has 0 bridgehead atoms. The quantitative estimate of drug-likeness (QED) is 0.566. The van der Waals surface area contributed by atoms with E-state index in [1.54, 1.807) is 7.11 Å². The van der Waals surface area contributed by atoms with Crippen LogP contribution in [0.2, 0.25) is 0 Å². The third-order valence-electron chi connectivity index (χ3n) is 5.39. The highest BCUT2D eigenvalue weighted by molar-refractivity contribution is 5.70. The van der Waals surface area contributed by atoms with E-state index in [-0.39, 0.29) is 5.92 Å². The van der Waals surface area contributed by atoms with Crippen molar-refractivity contribution in [2.45, 2.75) is 50.4 Å². The molecule has 2 rings (SSSR count). The van der Waals surface area contributed by atoms with Gasteiger partial charge in [0.1, 0.15) is 18.5 Å². The van der Waals surface area contributed by atoms with E-state index < -0.39 is 30.3 Å². The Balaban J connectivity index is 2.39. The van der Waals surface area contributed by atoms with Crippen molar-refractivity contribution in [1.82, 2.24) is 0 Å². The van der Waals surface area contributed by atoms with Gasteiger partial charge in [-0.25, -0.2) is 4.79 Å². The molecule has 2 N–H and O–H groups in total. The summed E-state index contributed by atoms with van der Waals surface area (Å²) in [7, 11) is 1.60. The molecule has 1 fully saturated rings. The molecule has 0 heterocycles. The van der Waals surface area contributed by atoms with Gasteiger partial charge in [0.05, 0.1) is 25.6 Å². The van der Waals surface area contributed by atoms with Gasteiger partial charge in [0.15, 0.2) is 0 Å². The second-order valence-corrected chi connectivity index (χ2v) is 7.12. The van der Waals surface area contributed by atoms with Crippen LogP contribution in [-0.2, 0) is 16.0 Å². The van der Waals surface area contributed by atoms with E-state index in [0.29, 0.717) is 25.7 Å². The van der Waals surface area contributed by atoms with Gasteiger partial charge in [-0.15, -0.1) is 0 Å². The van der Waals surface area contributed by atoms with Crippen LogP contribution in [-0.4, -0.2) is 47.6 Å². The number of benzene rings is 1. The number of aliphatic hydroxyl groups excluding tert-OH is 2. The Morgan fingerprint density at radius 2 is 2.04 bits per heavy atom. The minimum atomic E-state index is -0.906. The van der Waals surface area contributed by atoms with Crippen LogP contribution in [0.25, 0.3) is 4.85 Å². The van der Waals surface area contributed by atoms with Crippen molar-refractivity contribution in [3.05, 3.63) is 46.8 Å². The van der Waals surface area contributed by atoms with E-state index in [9.17, 15) is 9.90 Å². The van der Waals surface area contributed by atoms with Gasteiger partial charge in [-0.2, -0.15) is 0 Å². The molecule has 1 unspecified atom stereocenters. The van der Waals surface area contributed by atoms with Crippen molar-refractivity contribution >= 4 is 5.97 Å². The molecule has 0 aliphatic heterocycles. The lowest BCUT2D eigenvalue weighted by Gasteiger charge is -2.38. The third-order valence-corrected chi connectivity index (χ3v) is 5.39. The fraction of sp³-hybridized carbons (Fsp3) is 0.524. The lowest BCUT2D eigenvalue weighted by molar-refractivity contribution is -0.160. The topological polar surface area (TPSA) is 80.3 Å². The first-order valence-corrected chi connectivity index (χ1v) is 9.05. The summed E-state index contributed by atoms with van der Waals surface area (Å²) in [6.07, 6.45) is 0.788. The maximum atomic E-state index is 11.7. The molecule has 1 aliphatic rings. The normalized spacial score (nSPS) is 24.3. The number of aliphatic hydroxyl groups is 2. The van der Waals surface area contributed by atoms with Gasteiger partial charge in [0.2, 0.25) is 0 Å². The maximum Gasteiger partial charge on any atom is 0.332 e. The SMILES string of the molecule is C#[N+]C(Cc1ccc(OC)cc1)(C(=C)C)[C@H]1C[C@@H](O)CC[C@@H]1OC(=O)CO. The van der Waals surface area contributed by atoms with Crippen molar-refractivity contribution in [2.75, 3.05) is 13.7 Å². The molecule has 1 aliphatic carbocycles. The maximum absolute atomic E-state index is 11.7. The summed E-state index contributed by atoms with van der Waals surface area (Å²) < 4.78 is 10.7. The van der Waals surface area contributed by atoms with Gasteiger partial charge in [-0.1, -0.05) is 23.6 Å². The molecule has 27 heavy (non-hydrogen) atoms. The minimum Gasteiger partial charge on any atom is -0.497 e. The first kappa shape index (κ1) is 20.9. The largest absolute Gasteiger partial charge is 0.497 e. The zero-order valence-electron chi connectivity index (χ0n) is 15.9. The molecule has 0 amide bonds. The molecule has 1 aromatic carbocycles. The fourth-order valence-electron chi connectivity index (χ4n) is 3.87. The lowest BCUT2D eigenvalue weighted by atomic mass is 9.67. The number of rotatable bonds is 7. The van der Waals surface area contributed by atoms with E-state index in [2.05, 4.69) is 11.4 Å². The highest BCUT2D eigenvalue weighted by Crippen LogP contribution is 2.43. The molecule has 0 spiro atoms. The number of hydrogen-bond donors (Lipinski definition) is 2. The fourth-order valence-corrected chi connectivity index (χ4v) is 3.87. The van der Waals surface area contributed by atoms with Crippen LogP contribution in [0.15, 0.2) is 36.4 Å². The molecule has 6 nitrogen and oxygen atoms in total. The summed E-state index contributed by atoms with van der Waals surface area (Å²) in [6, 6.07) is 7.56. The number of ether oxygens (including phenoxy) is 2. The highest BCUT2D eigenvalue weighted by Gasteiger charge is 2.56. The Morgan fingerprint density at radius 3 is 2.56 bits per heavy atom. The standard InChI is InChI=1S/C21H28NO5/c1-14(2)21(22-3,12-15-5-8-17(26-4)9-6-15)18-11-16(24)7-10-19(18)27-20(25)13-23/h3,5-6,8-9,16,18-19,23-24H,1,7,10-13H2,2,4H3/q+1/t16-,18-,19-,21?/m0/s1. The van der Waals surface area contributed by atoms with Crippen molar-refractivity contribution in [3.8, 4) is 12.3 Å². The first-order valence-electron chi connectivity index (χ1n) is 9.05. The van der Waals surface area contributed by atoms with Gasteiger partial charge < -0.3 is 19.7 Å². The molecule has 6 heteroatoms.